The van der Waals surface area contributed by atoms with E-state index in [0.717, 1.165) is 11.1 Å². The molecular weight excluding hydrogens is 288 g/mol. The standard InChI is InChI=1S/C20H22O3/c21-17(11-15-7-3-1-4-8-15)12-19-13-18(22)14-20(23-19)16-9-5-2-6-10-16/h1-10,18-20,22H,11-14H2/t18-,19+,20+/m1/s1. The van der Waals surface area contributed by atoms with Gasteiger partial charge in [-0.05, 0) is 11.1 Å². The first kappa shape index (κ1) is 15.9. The Labute approximate surface area is 136 Å². The molecule has 0 aliphatic carbocycles. The van der Waals surface area contributed by atoms with E-state index in [9.17, 15) is 9.90 Å². The van der Waals surface area contributed by atoms with E-state index in [4.69, 9.17) is 4.74 Å². The lowest BCUT2D eigenvalue weighted by Gasteiger charge is -2.33. The first-order valence-corrected chi connectivity index (χ1v) is 8.15. The molecule has 1 aliphatic rings. The predicted molar refractivity (Wildman–Crippen MR) is 89.1 cm³/mol. The van der Waals surface area contributed by atoms with Crippen molar-refractivity contribution in [2.45, 2.75) is 44.0 Å². The molecule has 0 saturated carbocycles. The van der Waals surface area contributed by atoms with Crippen LogP contribution in [0.15, 0.2) is 60.7 Å². The van der Waals surface area contributed by atoms with E-state index in [1.165, 1.54) is 0 Å². The summed E-state index contributed by atoms with van der Waals surface area (Å²) in [6.45, 7) is 0. The van der Waals surface area contributed by atoms with Crippen LogP contribution >= 0.6 is 0 Å². The van der Waals surface area contributed by atoms with Crippen LogP contribution in [-0.2, 0) is 16.0 Å². The first-order valence-electron chi connectivity index (χ1n) is 8.15. The van der Waals surface area contributed by atoms with Crippen molar-refractivity contribution in [1.29, 1.82) is 0 Å². The van der Waals surface area contributed by atoms with Crippen LogP contribution in [0, 0.1) is 0 Å². The van der Waals surface area contributed by atoms with Crippen molar-refractivity contribution in [3.8, 4) is 0 Å². The van der Waals surface area contributed by atoms with Crippen molar-refractivity contribution in [3.63, 3.8) is 0 Å². The van der Waals surface area contributed by atoms with E-state index in [1.807, 2.05) is 60.7 Å². The van der Waals surface area contributed by atoms with Crippen molar-refractivity contribution < 1.29 is 14.6 Å². The van der Waals surface area contributed by atoms with Gasteiger partial charge in [0.2, 0.25) is 0 Å². The number of rotatable bonds is 5. The quantitative estimate of drug-likeness (QED) is 0.920. The highest BCUT2D eigenvalue weighted by molar-refractivity contribution is 5.81. The van der Waals surface area contributed by atoms with Crippen LogP contribution in [0.5, 0.6) is 0 Å². The molecule has 0 radical (unpaired) electrons. The van der Waals surface area contributed by atoms with Crippen LogP contribution in [0.2, 0.25) is 0 Å². The van der Waals surface area contributed by atoms with Gasteiger partial charge in [-0.1, -0.05) is 60.7 Å². The van der Waals surface area contributed by atoms with Gasteiger partial charge in [0.25, 0.3) is 0 Å². The van der Waals surface area contributed by atoms with Gasteiger partial charge in [0, 0.05) is 25.7 Å². The zero-order valence-electron chi connectivity index (χ0n) is 13.1. The molecular formula is C20H22O3. The van der Waals surface area contributed by atoms with Crippen molar-refractivity contribution in [3.05, 3.63) is 71.8 Å². The molecule has 1 heterocycles. The fourth-order valence-electron chi connectivity index (χ4n) is 3.15. The number of hydrogen-bond donors (Lipinski definition) is 1. The van der Waals surface area contributed by atoms with Crippen LogP contribution in [0.25, 0.3) is 0 Å². The van der Waals surface area contributed by atoms with Gasteiger partial charge in [-0.15, -0.1) is 0 Å². The van der Waals surface area contributed by atoms with E-state index >= 15 is 0 Å². The molecule has 3 rings (SSSR count). The smallest absolute Gasteiger partial charge is 0.139 e. The molecule has 0 unspecified atom stereocenters. The lowest BCUT2D eigenvalue weighted by molar-refractivity contribution is -0.130. The molecule has 0 aromatic heterocycles. The largest absolute Gasteiger partial charge is 0.393 e. The third-order valence-corrected chi connectivity index (χ3v) is 4.25. The summed E-state index contributed by atoms with van der Waals surface area (Å²) in [6, 6.07) is 19.6. The maximum Gasteiger partial charge on any atom is 0.139 e. The highest BCUT2D eigenvalue weighted by Crippen LogP contribution is 2.32. The lowest BCUT2D eigenvalue weighted by atomic mass is 9.93. The Balaban J connectivity index is 1.60. The zero-order chi connectivity index (χ0) is 16.1. The average Bonchev–Trinajstić information content (AvgIpc) is 2.56. The normalized spacial score (nSPS) is 24.3. The SMILES string of the molecule is O=C(Cc1ccccc1)C[C@H]1C[C@@H](O)C[C@@H](c2ccccc2)O1. The molecule has 1 saturated heterocycles. The lowest BCUT2D eigenvalue weighted by Crippen LogP contribution is -2.33. The van der Waals surface area contributed by atoms with E-state index in [2.05, 4.69) is 0 Å². The minimum absolute atomic E-state index is 0.130. The van der Waals surface area contributed by atoms with Gasteiger partial charge >= 0.3 is 0 Å². The topological polar surface area (TPSA) is 46.5 Å². The first-order chi connectivity index (χ1) is 11.2. The summed E-state index contributed by atoms with van der Waals surface area (Å²) in [5.74, 6) is 0.155. The number of aliphatic hydroxyl groups is 1. The zero-order valence-corrected chi connectivity index (χ0v) is 13.1. The average molecular weight is 310 g/mol. The number of ketones is 1. The molecule has 0 amide bonds. The number of Topliss-reactive ketones (excluding diaryl/α,β-unsaturated/α-hetero) is 1. The van der Waals surface area contributed by atoms with Crippen LogP contribution < -0.4 is 0 Å². The Morgan fingerprint density at radius 2 is 1.65 bits per heavy atom. The van der Waals surface area contributed by atoms with E-state index in [1.54, 1.807) is 0 Å². The summed E-state index contributed by atoms with van der Waals surface area (Å²) in [7, 11) is 0. The molecule has 2 aromatic carbocycles. The monoisotopic (exact) mass is 310 g/mol. The second-order valence-corrected chi connectivity index (χ2v) is 6.19. The highest BCUT2D eigenvalue weighted by atomic mass is 16.5. The molecule has 23 heavy (non-hydrogen) atoms. The molecule has 0 bridgehead atoms. The number of aliphatic hydroxyl groups excluding tert-OH is 1. The second-order valence-electron chi connectivity index (χ2n) is 6.19. The Morgan fingerprint density at radius 1 is 1.00 bits per heavy atom. The third kappa shape index (κ3) is 4.50. The number of hydrogen-bond acceptors (Lipinski definition) is 3. The Morgan fingerprint density at radius 3 is 2.35 bits per heavy atom. The van der Waals surface area contributed by atoms with E-state index in [0.29, 0.717) is 25.7 Å². The highest BCUT2D eigenvalue weighted by Gasteiger charge is 2.30. The van der Waals surface area contributed by atoms with Crippen LogP contribution in [0.3, 0.4) is 0 Å². The maximum absolute atomic E-state index is 12.3. The van der Waals surface area contributed by atoms with Crippen LogP contribution in [0.1, 0.15) is 36.5 Å². The molecule has 1 fully saturated rings. The van der Waals surface area contributed by atoms with Gasteiger partial charge in [-0.3, -0.25) is 4.79 Å². The molecule has 120 valence electrons. The fraction of sp³-hybridized carbons (Fsp3) is 0.350. The molecule has 1 N–H and O–H groups in total. The van der Waals surface area contributed by atoms with Gasteiger partial charge in [0.1, 0.15) is 5.78 Å². The molecule has 3 atom stereocenters. The van der Waals surface area contributed by atoms with Crippen LogP contribution in [-0.4, -0.2) is 23.1 Å². The number of carbonyl (C=O) groups is 1. The summed E-state index contributed by atoms with van der Waals surface area (Å²) in [4.78, 5) is 12.3. The summed E-state index contributed by atoms with van der Waals surface area (Å²) in [5.41, 5.74) is 2.08. The van der Waals surface area contributed by atoms with Crippen LogP contribution in [0.4, 0.5) is 0 Å². The predicted octanol–water partition coefficient (Wildman–Crippen LogP) is 3.47. The van der Waals surface area contributed by atoms with Crippen molar-refractivity contribution in [1.82, 2.24) is 0 Å². The summed E-state index contributed by atoms with van der Waals surface area (Å²) >= 11 is 0. The third-order valence-electron chi connectivity index (χ3n) is 4.25. The molecule has 1 aliphatic heterocycles. The van der Waals surface area contributed by atoms with Gasteiger partial charge in [0.05, 0.1) is 18.3 Å². The summed E-state index contributed by atoms with van der Waals surface area (Å²) in [6.07, 6.45) is 1.15. The Bertz CT molecular complexity index is 624. The molecule has 2 aromatic rings. The number of ether oxygens (including phenoxy) is 1. The minimum atomic E-state index is -0.413. The summed E-state index contributed by atoms with van der Waals surface area (Å²) < 4.78 is 6.07. The van der Waals surface area contributed by atoms with Gasteiger partial charge in [0.15, 0.2) is 0 Å². The van der Waals surface area contributed by atoms with Crippen molar-refractivity contribution in [2.75, 3.05) is 0 Å². The molecule has 0 spiro atoms. The van der Waals surface area contributed by atoms with E-state index in [-0.39, 0.29) is 18.0 Å². The van der Waals surface area contributed by atoms with E-state index < -0.39 is 6.10 Å². The Kier molecular flexibility index (Phi) is 5.21. The van der Waals surface area contributed by atoms with Gasteiger partial charge in [-0.2, -0.15) is 0 Å². The van der Waals surface area contributed by atoms with Crippen molar-refractivity contribution >= 4 is 5.78 Å². The Hall–Kier alpha value is -1.97. The summed E-state index contributed by atoms with van der Waals surface area (Å²) in [5, 5.41) is 10.1. The second kappa shape index (κ2) is 7.53. The molecule has 3 heteroatoms. The van der Waals surface area contributed by atoms with Gasteiger partial charge < -0.3 is 9.84 Å². The number of carbonyl (C=O) groups excluding carboxylic acids is 1. The fourth-order valence-corrected chi connectivity index (χ4v) is 3.15. The number of benzene rings is 2. The van der Waals surface area contributed by atoms with Crippen molar-refractivity contribution in [2.24, 2.45) is 0 Å². The molecule has 3 nitrogen and oxygen atoms in total. The minimum Gasteiger partial charge on any atom is -0.393 e. The maximum atomic E-state index is 12.3. The van der Waals surface area contributed by atoms with Gasteiger partial charge in [-0.25, -0.2) is 0 Å².